The fraction of sp³-hybridized carbons (Fsp3) is 0.512. The van der Waals surface area contributed by atoms with Crippen LogP contribution in [0.4, 0.5) is 4.39 Å². The zero-order valence-electron chi connectivity index (χ0n) is 33.3. The number of nitrogens with zero attached hydrogens (tertiary/aromatic N) is 3. The smallest absolute Gasteiger partial charge is 0.399 e. The second-order valence-corrected chi connectivity index (χ2v) is 19.2. The normalized spacial score (nSPS) is 16.6. The van der Waals surface area contributed by atoms with Gasteiger partial charge in [-0.3, -0.25) is 0 Å². The van der Waals surface area contributed by atoms with Crippen molar-refractivity contribution in [1.29, 1.82) is 0 Å². The molecule has 0 unspecified atom stereocenters. The fourth-order valence-corrected chi connectivity index (χ4v) is 5.84. The number of rotatable bonds is 4. The zero-order valence-corrected chi connectivity index (χ0v) is 33.3. The van der Waals surface area contributed by atoms with E-state index in [1.54, 1.807) is 12.1 Å². The summed E-state index contributed by atoms with van der Waals surface area (Å²) >= 11 is 0. The van der Waals surface area contributed by atoms with E-state index >= 15 is 4.39 Å². The quantitative estimate of drug-likeness (QED) is 0.201. The Labute approximate surface area is 301 Å². The van der Waals surface area contributed by atoms with Gasteiger partial charge < -0.3 is 9.31 Å². The van der Waals surface area contributed by atoms with Gasteiger partial charge in [-0.05, 0) is 113 Å². The van der Waals surface area contributed by atoms with Gasteiger partial charge in [0.05, 0.1) is 16.8 Å². The summed E-state index contributed by atoms with van der Waals surface area (Å²) < 4.78 is 28.7. The van der Waals surface area contributed by atoms with Crippen LogP contribution in [0.1, 0.15) is 133 Å². The highest BCUT2D eigenvalue weighted by molar-refractivity contribution is 6.62. The Hall–Kier alpha value is -3.42. The lowest BCUT2D eigenvalue weighted by Crippen LogP contribution is -2.41. The third-order valence-corrected chi connectivity index (χ3v) is 10.2. The molecule has 5 rings (SSSR count). The van der Waals surface area contributed by atoms with Gasteiger partial charge in [-0.15, -0.1) is 0 Å². The Morgan fingerprint density at radius 2 is 0.840 bits per heavy atom. The summed E-state index contributed by atoms with van der Waals surface area (Å²) in [6.07, 6.45) is 0. The molecule has 1 aromatic heterocycles. The van der Waals surface area contributed by atoms with Crippen molar-refractivity contribution in [3.8, 4) is 34.2 Å². The van der Waals surface area contributed by atoms with Crippen LogP contribution in [0.2, 0.25) is 0 Å². The number of benzene rings is 3. The van der Waals surface area contributed by atoms with E-state index in [2.05, 4.69) is 119 Å². The lowest BCUT2D eigenvalue weighted by Gasteiger charge is -2.32. The standard InChI is InChI=1S/C43H57BFN3O2/c1-38(2,3)28-19-26(20-29(23-28)39(4,5)6)35-46-36(27-21-30(40(7,8)9)24-31(22-27)41(10,11)12)48-37(47-35)33-25-32(17-18-34(33)45)44-49-42(13,14)43(15,16)50-44/h17-25H,1-16H3. The Bertz CT molecular complexity index is 1750. The molecule has 0 aliphatic carbocycles. The minimum Gasteiger partial charge on any atom is -0.399 e. The molecule has 5 nitrogen and oxygen atoms in total. The van der Waals surface area contributed by atoms with Crippen LogP contribution in [-0.4, -0.2) is 33.3 Å². The third-order valence-electron chi connectivity index (χ3n) is 10.2. The Morgan fingerprint density at radius 1 is 0.500 bits per heavy atom. The molecule has 0 N–H and O–H groups in total. The molecule has 4 aromatic rings. The third kappa shape index (κ3) is 7.74. The van der Waals surface area contributed by atoms with Gasteiger partial charge in [-0.1, -0.05) is 101 Å². The van der Waals surface area contributed by atoms with Crippen LogP contribution in [0.25, 0.3) is 34.2 Å². The number of aromatic nitrogens is 3. The van der Waals surface area contributed by atoms with E-state index in [4.69, 9.17) is 24.3 Å². The summed E-state index contributed by atoms with van der Waals surface area (Å²) in [5.41, 5.74) is 5.94. The molecule has 1 aliphatic rings. The molecule has 2 heterocycles. The van der Waals surface area contributed by atoms with Crippen molar-refractivity contribution < 1.29 is 13.7 Å². The number of hydrogen-bond acceptors (Lipinski definition) is 5. The first-order valence-corrected chi connectivity index (χ1v) is 17.9. The second-order valence-electron chi connectivity index (χ2n) is 19.2. The highest BCUT2D eigenvalue weighted by Gasteiger charge is 2.51. The van der Waals surface area contributed by atoms with Gasteiger partial charge in [-0.25, -0.2) is 19.3 Å². The van der Waals surface area contributed by atoms with Gasteiger partial charge in [0.1, 0.15) is 5.82 Å². The molecule has 50 heavy (non-hydrogen) atoms. The van der Waals surface area contributed by atoms with Crippen LogP contribution in [0.3, 0.4) is 0 Å². The lowest BCUT2D eigenvalue weighted by atomic mass is 9.78. The predicted molar refractivity (Wildman–Crippen MR) is 207 cm³/mol. The van der Waals surface area contributed by atoms with Crippen molar-refractivity contribution in [1.82, 2.24) is 15.0 Å². The maximum atomic E-state index is 16.0. The maximum Gasteiger partial charge on any atom is 0.494 e. The van der Waals surface area contributed by atoms with Crippen molar-refractivity contribution in [2.24, 2.45) is 0 Å². The van der Waals surface area contributed by atoms with E-state index in [9.17, 15) is 0 Å². The van der Waals surface area contributed by atoms with E-state index < -0.39 is 24.1 Å². The van der Waals surface area contributed by atoms with E-state index in [-0.39, 0.29) is 33.0 Å². The first kappa shape index (κ1) is 37.8. The van der Waals surface area contributed by atoms with E-state index in [0.29, 0.717) is 17.1 Å². The molecule has 266 valence electrons. The first-order chi connectivity index (χ1) is 22.7. The molecule has 1 fully saturated rings. The second kappa shape index (κ2) is 12.4. The predicted octanol–water partition coefficient (Wildman–Crippen LogP) is 10.5. The zero-order chi connectivity index (χ0) is 37.4. The van der Waals surface area contributed by atoms with Crippen LogP contribution >= 0.6 is 0 Å². The monoisotopic (exact) mass is 677 g/mol. The largest absolute Gasteiger partial charge is 0.494 e. The highest BCUT2D eigenvalue weighted by Crippen LogP contribution is 2.39. The Kier molecular flexibility index (Phi) is 9.36. The molecule has 0 spiro atoms. The molecule has 0 amide bonds. The van der Waals surface area contributed by atoms with E-state index in [1.807, 2.05) is 27.7 Å². The molecular formula is C43H57BFN3O2. The van der Waals surface area contributed by atoms with Gasteiger partial charge >= 0.3 is 7.12 Å². The molecule has 7 heteroatoms. The first-order valence-electron chi connectivity index (χ1n) is 17.9. The Morgan fingerprint density at radius 3 is 1.18 bits per heavy atom. The van der Waals surface area contributed by atoms with Gasteiger partial charge in [0.2, 0.25) is 0 Å². The summed E-state index contributed by atoms with van der Waals surface area (Å²) in [7, 11) is -0.657. The van der Waals surface area contributed by atoms with Gasteiger partial charge in [0.25, 0.3) is 0 Å². The molecular weight excluding hydrogens is 620 g/mol. The maximum absolute atomic E-state index is 16.0. The summed E-state index contributed by atoms with van der Waals surface area (Å²) in [4.78, 5) is 15.2. The Balaban J connectivity index is 1.81. The fourth-order valence-electron chi connectivity index (χ4n) is 5.84. The minimum atomic E-state index is -0.657. The summed E-state index contributed by atoms with van der Waals surface area (Å²) in [5.74, 6) is 0.838. The molecule has 0 bridgehead atoms. The van der Waals surface area contributed by atoms with E-state index in [1.165, 1.54) is 28.3 Å². The SMILES string of the molecule is CC(C)(C)c1cc(-c2nc(-c3cc(C(C)(C)C)cc(C(C)(C)C)c3)nc(-c3cc(B4OC(C)(C)C(C)(C)O4)ccc3F)n2)cc(C(C)(C)C)c1. The van der Waals surface area contributed by atoms with Crippen LogP contribution < -0.4 is 5.46 Å². The summed E-state index contributed by atoms with van der Waals surface area (Å²) in [5, 5.41) is 0. The molecule has 3 aromatic carbocycles. The lowest BCUT2D eigenvalue weighted by molar-refractivity contribution is 0.00578. The summed E-state index contributed by atoms with van der Waals surface area (Å²) in [6.45, 7) is 34.6. The average Bonchev–Trinajstić information content (AvgIpc) is 3.21. The van der Waals surface area contributed by atoms with Crippen LogP contribution in [0.15, 0.2) is 54.6 Å². The topological polar surface area (TPSA) is 57.1 Å². The molecule has 0 saturated carbocycles. The number of hydrogen-bond donors (Lipinski definition) is 0. The molecule has 0 atom stereocenters. The minimum absolute atomic E-state index is 0.110. The van der Waals surface area contributed by atoms with Crippen LogP contribution in [-0.2, 0) is 31.0 Å². The molecule has 1 saturated heterocycles. The van der Waals surface area contributed by atoms with Crippen molar-refractivity contribution in [2.45, 2.75) is 144 Å². The van der Waals surface area contributed by atoms with E-state index in [0.717, 1.165) is 11.1 Å². The van der Waals surface area contributed by atoms with Crippen LogP contribution in [0.5, 0.6) is 0 Å². The van der Waals surface area contributed by atoms with Gasteiger partial charge in [0, 0.05) is 11.1 Å². The molecule has 0 radical (unpaired) electrons. The summed E-state index contributed by atoms with van der Waals surface area (Å²) in [6, 6.07) is 18.2. The van der Waals surface area contributed by atoms with Crippen molar-refractivity contribution >= 4 is 12.6 Å². The average molecular weight is 678 g/mol. The molecule has 1 aliphatic heterocycles. The highest BCUT2D eigenvalue weighted by atomic mass is 19.1. The van der Waals surface area contributed by atoms with Crippen molar-refractivity contribution in [2.75, 3.05) is 0 Å². The number of halogens is 1. The van der Waals surface area contributed by atoms with Crippen molar-refractivity contribution in [3.63, 3.8) is 0 Å². The van der Waals surface area contributed by atoms with Crippen molar-refractivity contribution in [3.05, 3.63) is 82.7 Å². The van der Waals surface area contributed by atoms with Crippen LogP contribution in [0, 0.1) is 5.82 Å². The van der Waals surface area contributed by atoms with Gasteiger partial charge in [0.15, 0.2) is 17.5 Å². The van der Waals surface area contributed by atoms with Gasteiger partial charge in [-0.2, -0.15) is 0 Å².